The maximum Gasteiger partial charge on any atom is 0.409 e. The van der Waals surface area contributed by atoms with Crippen molar-refractivity contribution < 1.29 is 32.8 Å². The molecule has 7 atom stereocenters. The molecule has 55 heavy (non-hydrogen) atoms. The first-order chi connectivity index (χ1) is 26.3. The summed E-state index contributed by atoms with van der Waals surface area (Å²) in [4.78, 5) is 42.9. The topological polar surface area (TPSA) is 139 Å². The first-order valence-corrected chi connectivity index (χ1v) is 21.6. The number of rotatable bonds is 5. The second-order valence-corrected chi connectivity index (χ2v) is 19.4. The van der Waals surface area contributed by atoms with E-state index in [-0.39, 0.29) is 46.8 Å². The third kappa shape index (κ3) is 7.32. The number of halogens is 1. The van der Waals surface area contributed by atoms with Gasteiger partial charge in [-0.15, -0.1) is 4.36 Å². The van der Waals surface area contributed by atoms with Crippen LogP contribution in [0.1, 0.15) is 66.9 Å². The van der Waals surface area contributed by atoms with Gasteiger partial charge < -0.3 is 29.3 Å². The fourth-order valence-corrected chi connectivity index (χ4v) is 12.0. The van der Waals surface area contributed by atoms with Crippen LogP contribution in [0.4, 0.5) is 15.3 Å². The number of nitrogens with zero attached hydrogens (tertiary/aromatic N) is 3. The number of nitrogens with one attached hydrogen (secondary N) is 2. The summed E-state index contributed by atoms with van der Waals surface area (Å²) in [6.07, 6.45) is 9.72. The van der Waals surface area contributed by atoms with E-state index in [1.54, 1.807) is 27.3 Å². The van der Waals surface area contributed by atoms with Crippen molar-refractivity contribution in [3.8, 4) is 5.75 Å². The predicted molar refractivity (Wildman–Crippen MR) is 211 cm³/mol. The number of carbonyl (C=O) groups is 3. The molecule has 3 saturated carbocycles. The Bertz CT molecular complexity index is 2030. The lowest BCUT2D eigenvalue weighted by Crippen LogP contribution is -2.51. The average molecular weight is 794 g/mol. The van der Waals surface area contributed by atoms with Gasteiger partial charge in [0.05, 0.1) is 30.3 Å². The molecule has 0 saturated heterocycles. The van der Waals surface area contributed by atoms with E-state index in [0.29, 0.717) is 55.9 Å². The molecule has 1 unspecified atom stereocenters. The van der Waals surface area contributed by atoms with Crippen LogP contribution in [0.2, 0.25) is 5.02 Å². The first-order valence-electron chi connectivity index (χ1n) is 19.6. The monoisotopic (exact) mass is 793 g/mol. The quantitative estimate of drug-likeness (QED) is 0.334. The fourth-order valence-electron chi connectivity index (χ4n) is 9.99. The standard InChI is InChI=1S/C41H52ClN5O7S/c1-25-7-5-14-41(52-4)33-18-29(36(33)41)20-47-23-40(13-6-8-27-17-30(42)10-11-32(27)40)24-54-35-12-9-28(19-34(35)47)37(48)44-55(51,22-25)45-38(49)43-31-15-26(16-31)21-53-39(50)46(2)3/h5,9-12,14,17,19,25-26,29,31,33,36H,6-8,13,15-16,18,20-24H2,1-4H3,(H2,43,44,45,48,49,51)/b14-5+/t25-,26-,29-,31-,33?,36-,40-,41-,55-/m0/s1. The zero-order chi connectivity index (χ0) is 38.7. The maximum absolute atomic E-state index is 14.6. The number of carbonyl (C=O) groups excluding carboxylic acids is 3. The van der Waals surface area contributed by atoms with Crippen LogP contribution in [-0.4, -0.2) is 92.0 Å². The van der Waals surface area contributed by atoms with Crippen molar-refractivity contribution >= 4 is 45.2 Å². The van der Waals surface area contributed by atoms with E-state index in [1.165, 1.54) is 16.0 Å². The molecule has 4 aliphatic carbocycles. The van der Waals surface area contributed by atoms with Gasteiger partial charge in [0, 0.05) is 62.3 Å². The van der Waals surface area contributed by atoms with Crippen molar-refractivity contribution in [2.45, 2.75) is 68.9 Å². The van der Waals surface area contributed by atoms with Gasteiger partial charge in [-0.3, -0.25) is 9.52 Å². The van der Waals surface area contributed by atoms with Gasteiger partial charge in [0.2, 0.25) is 0 Å². The third-order valence-corrected chi connectivity index (χ3v) is 15.1. The zero-order valence-corrected chi connectivity index (χ0v) is 33.6. The summed E-state index contributed by atoms with van der Waals surface area (Å²) in [5, 5.41) is 3.61. The van der Waals surface area contributed by atoms with E-state index >= 15 is 0 Å². The molecule has 4 amide bonds. The minimum Gasteiger partial charge on any atom is -0.490 e. The number of ether oxygens (including phenoxy) is 3. The Labute approximate surface area is 329 Å². The first kappa shape index (κ1) is 38.1. The number of fused-ring (bicyclic) bond motifs is 4. The molecule has 2 aromatic rings. The number of allylic oxidation sites excluding steroid dienone is 1. The van der Waals surface area contributed by atoms with E-state index in [4.69, 9.17) is 25.8 Å². The van der Waals surface area contributed by atoms with E-state index in [1.807, 2.05) is 25.1 Å². The van der Waals surface area contributed by atoms with Crippen LogP contribution in [-0.2, 0) is 31.2 Å². The zero-order valence-electron chi connectivity index (χ0n) is 32.1. The smallest absolute Gasteiger partial charge is 0.409 e. The summed E-state index contributed by atoms with van der Waals surface area (Å²) in [5.74, 6) is 1.23. The minimum absolute atomic E-state index is 0.00807. The van der Waals surface area contributed by atoms with E-state index in [0.717, 1.165) is 42.9 Å². The van der Waals surface area contributed by atoms with Crippen molar-refractivity contribution in [1.82, 2.24) is 14.9 Å². The summed E-state index contributed by atoms with van der Waals surface area (Å²) in [5.41, 5.74) is 3.03. The molecule has 3 fully saturated rings. The van der Waals surface area contributed by atoms with Gasteiger partial charge in [-0.05, 0) is 110 Å². The molecule has 2 bridgehead atoms. The van der Waals surface area contributed by atoms with E-state index < -0.39 is 27.9 Å². The number of hydrogen-bond donors (Lipinski definition) is 2. The van der Waals surface area contributed by atoms with Gasteiger partial charge in [-0.25, -0.2) is 13.8 Å². The normalized spacial score (nSPS) is 35.2. The maximum atomic E-state index is 14.6. The Morgan fingerprint density at radius 1 is 1.16 bits per heavy atom. The predicted octanol–water partition coefficient (Wildman–Crippen LogP) is 6.36. The highest BCUT2D eigenvalue weighted by atomic mass is 35.5. The number of methoxy groups -OCH3 is 1. The van der Waals surface area contributed by atoms with Gasteiger partial charge >= 0.3 is 12.1 Å². The lowest BCUT2D eigenvalue weighted by molar-refractivity contribution is 0.0725. The summed E-state index contributed by atoms with van der Waals surface area (Å²) in [6.45, 7) is 4.21. The molecule has 6 aliphatic rings. The molecular formula is C41H52ClN5O7S. The Morgan fingerprint density at radius 2 is 1.98 bits per heavy atom. The van der Waals surface area contributed by atoms with Crippen molar-refractivity contribution in [2.24, 2.45) is 34.0 Å². The van der Waals surface area contributed by atoms with Gasteiger partial charge in [0.1, 0.15) is 15.7 Å². The second kappa shape index (κ2) is 14.6. The van der Waals surface area contributed by atoms with Crippen LogP contribution in [0.5, 0.6) is 5.75 Å². The molecule has 8 rings (SSSR count). The van der Waals surface area contributed by atoms with E-state index in [2.05, 4.69) is 43.6 Å². The average Bonchev–Trinajstić information content (AvgIpc) is 3.69. The van der Waals surface area contributed by atoms with Crippen molar-refractivity contribution in [2.75, 3.05) is 58.2 Å². The molecule has 2 N–H and O–H groups in total. The fraction of sp³-hybridized carbons (Fsp3) is 0.585. The molecule has 2 aromatic carbocycles. The van der Waals surface area contributed by atoms with Crippen molar-refractivity contribution in [3.63, 3.8) is 0 Å². The molecule has 0 aromatic heterocycles. The number of amides is 4. The molecular weight excluding hydrogens is 742 g/mol. The van der Waals surface area contributed by atoms with Crippen molar-refractivity contribution in [1.29, 1.82) is 0 Å². The number of benzene rings is 2. The Balaban J connectivity index is 1.08. The van der Waals surface area contributed by atoms with Gasteiger partial charge in [-0.1, -0.05) is 36.7 Å². The lowest BCUT2D eigenvalue weighted by atomic mass is 9.70. The van der Waals surface area contributed by atoms with Gasteiger partial charge in [-0.2, -0.15) is 0 Å². The number of hydrogen-bond acceptors (Lipinski definition) is 8. The van der Waals surface area contributed by atoms with E-state index in [9.17, 15) is 18.6 Å². The van der Waals surface area contributed by atoms with Crippen LogP contribution in [0.15, 0.2) is 52.9 Å². The molecule has 12 nitrogen and oxygen atoms in total. The number of urea groups is 1. The van der Waals surface area contributed by atoms with Crippen LogP contribution in [0.25, 0.3) is 0 Å². The summed E-state index contributed by atoms with van der Waals surface area (Å²) in [7, 11) is 1.49. The molecule has 14 heteroatoms. The Hall–Kier alpha value is -3.81. The largest absolute Gasteiger partial charge is 0.490 e. The molecule has 296 valence electrons. The lowest BCUT2D eigenvalue weighted by Gasteiger charge is -2.42. The van der Waals surface area contributed by atoms with Crippen LogP contribution < -0.4 is 19.7 Å². The third-order valence-electron chi connectivity index (χ3n) is 12.9. The van der Waals surface area contributed by atoms with Gasteiger partial charge in [0.15, 0.2) is 0 Å². The molecule has 2 aliphatic heterocycles. The van der Waals surface area contributed by atoms with Crippen molar-refractivity contribution in [3.05, 3.63) is 70.3 Å². The Morgan fingerprint density at radius 3 is 2.76 bits per heavy atom. The van der Waals surface area contributed by atoms with Crippen LogP contribution in [0, 0.1) is 29.6 Å². The highest BCUT2D eigenvalue weighted by Crippen LogP contribution is 2.70. The number of anilines is 1. The second-order valence-electron chi connectivity index (χ2n) is 17.0. The highest BCUT2D eigenvalue weighted by Gasteiger charge is 2.73. The molecule has 0 radical (unpaired) electrons. The van der Waals surface area contributed by atoms with Gasteiger partial charge in [0.25, 0.3) is 5.91 Å². The molecule has 2 heterocycles. The molecule has 1 spiro atoms. The van der Waals surface area contributed by atoms with Crippen LogP contribution in [0.3, 0.4) is 0 Å². The highest BCUT2D eigenvalue weighted by molar-refractivity contribution is 7.92. The minimum atomic E-state index is -3.55. The SMILES string of the molecule is CO[C@@]12/C=C/C[C@H](C)C[S@@](=O)(NC(=O)N[C@H]3C[C@H](COC(=O)N(C)C)C3)=NC(=O)c3ccc4c(c3)N(C[C@@H]3CC1[C@H]32)C[C@@]1(CCCc2cc(Cl)ccc21)CO4. The van der Waals surface area contributed by atoms with Crippen LogP contribution >= 0.6 is 11.6 Å². The number of aryl methyl sites for hydroxylation is 1. The summed E-state index contributed by atoms with van der Waals surface area (Å²) in [6, 6.07) is 10.7. The summed E-state index contributed by atoms with van der Waals surface area (Å²) < 4.78 is 39.6. The Kier molecular flexibility index (Phi) is 10.1. The summed E-state index contributed by atoms with van der Waals surface area (Å²) >= 11 is 6.47.